The topological polar surface area (TPSA) is 59.3 Å². The summed E-state index contributed by atoms with van der Waals surface area (Å²) in [6, 6.07) is 2.54. The SMILES string of the molecule is C[C@@H]1COCCN1c1nc(Cl)nc2c1CN(c1cc(C3CC3)nn1C)CC2. The van der Waals surface area contributed by atoms with Crippen molar-refractivity contribution in [3.63, 3.8) is 0 Å². The van der Waals surface area contributed by atoms with Crippen molar-refractivity contribution >= 4 is 23.2 Å². The number of hydrogen-bond acceptors (Lipinski definition) is 6. The van der Waals surface area contributed by atoms with Gasteiger partial charge in [-0.05, 0) is 31.4 Å². The van der Waals surface area contributed by atoms with E-state index in [1.54, 1.807) is 0 Å². The van der Waals surface area contributed by atoms with E-state index in [9.17, 15) is 0 Å². The second-order valence-corrected chi connectivity index (χ2v) is 8.19. The second kappa shape index (κ2) is 6.63. The number of rotatable bonds is 3. The summed E-state index contributed by atoms with van der Waals surface area (Å²) in [4.78, 5) is 13.9. The van der Waals surface area contributed by atoms with Crippen LogP contribution in [0.4, 0.5) is 11.6 Å². The summed E-state index contributed by atoms with van der Waals surface area (Å²) >= 11 is 6.26. The third-order valence-corrected chi connectivity index (χ3v) is 6.01. The van der Waals surface area contributed by atoms with Gasteiger partial charge in [0.05, 0.1) is 30.6 Å². The lowest BCUT2D eigenvalue weighted by atomic mass is 10.0. The Bertz CT molecular complexity index is 864. The molecule has 27 heavy (non-hydrogen) atoms. The van der Waals surface area contributed by atoms with E-state index < -0.39 is 0 Å². The normalized spacial score (nSPS) is 22.9. The van der Waals surface area contributed by atoms with E-state index in [-0.39, 0.29) is 6.04 Å². The van der Waals surface area contributed by atoms with Gasteiger partial charge >= 0.3 is 0 Å². The van der Waals surface area contributed by atoms with Gasteiger partial charge in [0.1, 0.15) is 11.6 Å². The van der Waals surface area contributed by atoms with Crippen LogP contribution in [-0.4, -0.2) is 52.1 Å². The first-order chi connectivity index (χ1) is 13.1. The summed E-state index contributed by atoms with van der Waals surface area (Å²) in [5, 5.41) is 5.08. The van der Waals surface area contributed by atoms with Crippen LogP contribution in [0.3, 0.4) is 0 Å². The van der Waals surface area contributed by atoms with Crippen molar-refractivity contribution in [2.75, 3.05) is 36.1 Å². The van der Waals surface area contributed by atoms with Gasteiger partial charge in [-0.1, -0.05) is 0 Å². The van der Waals surface area contributed by atoms with Gasteiger partial charge in [0.15, 0.2) is 0 Å². The molecule has 0 radical (unpaired) electrons. The molecule has 2 aromatic rings. The minimum Gasteiger partial charge on any atom is -0.377 e. The molecular formula is C19H25ClN6O. The van der Waals surface area contributed by atoms with Crippen molar-refractivity contribution in [1.82, 2.24) is 19.7 Å². The summed E-state index contributed by atoms with van der Waals surface area (Å²) in [6.07, 6.45) is 3.41. The lowest BCUT2D eigenvalue weighted by Gasteiger charge is -2.38. The van der Waals surface area contributed by atoms with Gasteiger partial charge in [-0.25, -0.2) is 9.97 Å². The molecule has 1 saturated heterocycles. The van der Waals surface area contributed by atoms with Gasteiger partial charge in [-0.15, -0.1) is 0 Å². The molecule has 7 nitrogen and oxygen atoms in total. The number of halogens is 1. The highest BCUT2D eigenvalue weighted by atomic mass is 35.5. The van der Waals surface area contributed by atoms with E-state index in [1.807, 2.05) is 11.7 Å². The Morgan fingerprint density at radius 2 is 2.07 bits per heavy atom. The molecule has 1 atom stereocenters. The molecule has 8 heteroatoms. The Morgan fingerprint density at radius 1 is 1.22 bits per heavy atom. The van der Waals surface area contributed by atoms with Crippen LogP contribution in [0.2, 0.25) is 5.28 Å². The number of aryl methyl sites for hydroxylation is 1. The molecule has 0 unspecified atom stereocenters. The molecule has 0 aromatic carbocycles. The molecule has 2 aliphatic heterocycles. The number of ether oxygens (including phenoxy) is 1. The summed E-state index contributed by atoms with van der Waals surface area (Å²) in [7, 11) is 2.04. The maximum atomic E-state index is 6.26. The first-order valence-corrected chi connectivity index (χ1v) is 10.2. The Morgan fingerprint density at radius 3 is 2.85 bits per heavy atom. The van der Waals surface area contributed by atoms with Gasteiger partial charge in [0, 0.05) is 50.7 Å². The lowest BCUT2D eigenvalue weighted by molar-refractivity contribution is 0.0984. The summed E-state index contributed by atoms with van der Waals surface area (Å²) in [5.74, 6) is 2.81. The van der Waals surface area contributed by atoms with Gasteiger partial charge in [0.25, 0.3) is 0 Å². The zero-order chi connectivity index (χ0) is 18.5. The Kier molecular flexibility index (Phi) is 4.24. The van der Waals surface area contributed by atoms with Crippen LogP contribution in [-0.2, 0) is 24.8 Å². The van der Waals surface area contributed by atoms with Crippen LogP contribution < -0.4 is 9.80 Å². The molecular weight excluding hydrogens is 364 g/mol. The van der Waals surface area contributed by atoms with Crippen molar-refractivity contribution in [3.8, 4) is 0 Å². The molecule has 3 aliphatic rings. The molecule has 1 aliphatic carbocycles. The highest BCUT2D eigenvalue weighted by Gasteiger charge is 2.31. The van der Waals surface area contributed by atoms with Crippen molar-refractivity contribution in [3.05, 3.63) is 28.3 Å². The van der Waals surface area contributed by atoms with Gasteiger partial charge in [0.2, 0.25) is 5.28 Å². The van der Waals surface area contributed by atoms with Gasteiger partial charge in [-0.2, -0.15) is 5.10 Å². The predicted molar refractivity (Wildman–Crippen MR) is 105 cm³/mol. The van der Waals surface area contributed by atoms with Crippen molar-refractivity contribution in [2.45, 2.75) is 44.7 Å². The van der Waals surface area contributed by atoms with E-state index in [0.29, 0.717) is 17.8 Å². The fourth-order valence-electron chi connectivity index (χ4n) is 4.20. The molecule has 0 amide bonds. The number of hydrogen-bond donors (Lipinski definition) is 0. The van der Waals surface area contributed by atoms with E-state index in [4.69, 9.17) is 21.4 Å². The second-order valence-electron chi connectivity index (χ2n) is 7.86. The first kappa shape index (κ1) is 17.3. The molecule has 2 aromatic heterocycles. The molecule has 2 fully saturated rings. The molecule has 1 saturated carbocycles. The van der Waals surface area contributed by atoms with E-state index >= 15 is 0 Å². The standard InChI is InChI=1S/C19H25ClN6O/c1-12-11-27-8-7-26(12)18-14-10-25(6-5-15(14)21-19(20)22-18)17-9-16(13-3-4-13)23-24(17)2/h9,12-13H,3-8,10-11H2,1-2H3/t12-/m1/s1. The molecule has 0 spiro atoms. The van der Waals surface area contributed by atoms with Crippen LogP contribution in [0, 0.1) is 0 Å². The van der Waals surface area contributed by atoms with Crippen molar-refractivity contribution < 1.29 is 4.74 Å². The zero-order valence-electron chi connectivity index (χ0n) is 15.9. The third kappa shape index (κ3) is 3.17. The van der Waals surface area contributed by atoms with Crippen LogP contribution >= 0.6 is 11.6 Å². The fourth-order valence-corrected chi connectivity index (χ4v) is 4.38. The number of aromatic nitrogens is 4. The average Bonchev–Trinajstić information content (AvgIpc) is 3.43. The largest absolute Gasteiger partial charge is 0.377 e. The van der Waals surface area contributed by atoms with Crippen LogP contribution in [0.25, 0.3) is 0 Å². The minimum atomic E-state index is 0.280. The third-order valence-electron chi connectivity index (χ3n) is 5.84. The summed E-state index contributed by atoms with van der Waals surface area (Å²) in [5.41, 5.74) is 3.49. The molecule has 144 valence electrons. The van der Waals surface area contributed by atoms with Crippen LogP contribution in [0.1, 0.15) is 42.6 Å². The highest BCUT2D eigenvalue weighted by molar-refractivity contribution is 6.28. The fraction of sp³-hybridized carbons (Fsp3) is 0.632. The first-order valence-electron chi connectivity index (χ1n) is 9.78. The summed E-state index contributed by atoms with van der Waals surface area (Å²) < 4.78 is 7.63. The molecule has 0 bridgehead atoms. The number of fused-ring (bicyclic) bond motifs is 1. The Balaban J connectivity index is 1.49. The minimum absolute atomic E-state index is 0.280. The van der Waals surface area contributed by atoms with Crippen LogP contribution in [0.15, 0.2) is 6.07 Å². The maximum Gasteiger partial charge on any atom is 0.224 e. The number of anilines is 2. The van der Waals surface area contributed by atoms with Gasteiger partial charge < -0.3 is 14.5 Å². The quantitative estimate of drug-likeness (QED) is 0.753. The van der Waals surface area contributed by atoms with Crippen molar-refractivity contribution in [2.24, 2.45) is 7.05 Å². The van der Waals surface area contributed by atoms with Gasteiger partial charge in [-0.3, -0.25) is 4.68 Å². The zero-order valence-corrected chi connectivity index (χ0v) is 16.6. The molecule has 5 rings (SSSR count). The predicted octanol–water partition coefficient (Wildman–Crippen LogP) is 2.53. The van der Waals surface area contributed by atoms with E-state index in [1.165, 1.54) is 29.9 Å². The molecule has 4 heterocycles. The monoisotopic (exact) mass is 388 g/mol. The number of morpholine rings is 1. The smallest absolute Gasteiger partial charge is 0.224 e. The average molecular weight is 389 g/mol. The van der Waals surface area contributed by atoms with Crippen LogP contribution in [0.5, 0.6) is 0 Å². The maximum absolute atomic E-state index is 6.26. The Labute approximate surface area is 164 Å². The van der Waals surface area contributed by atoms with Crippen molar-refractivity contribution in [1.29, 1.82) is 0 Å². The number of nitrogens with zero attached hydrogens (tertiary/aromatic N) is 6. The van der Waals surface area contributed by atoms with E-state index in [2.05, 4.69) is 32.8 Å². The highest BCUT2D eigenvalue weighted by Crippen LogP contribution is 2.41. The lowest BCUT2D eigenvalue weighted by Crippen LogP contribution is -2.45. The van der Waals surface area contributed by atoms with E-state index in [0.717, 1.165) is 44.2 Å². The summed E-state index contributed by atoms with van der Waals surface area (Å²) in [6.45, 7) is 6.14. The molecule has 0 N–H and O–H groups in total. The Hall–Kier alpha value is -1.86.